The zero-order chi connectivity index (χ0) is 21.5. The van der Waals surface area contributed by atoms with Crippen LogP contribution in [0, 0.1) is 0 Å². The molecule has 3 heterocycles. The molecule has 1 amide bonds. The maximum atomic E-state index is 12.5. The lowest BCUT2D eigenvalue weighted by molar-refractivity contribution is -0.117. The minimum absolute atomic E-state index is 0.0278. The number of hydrogen-bond acceptors (Lipinski definition) is 8. The molecule has 0 bridgehead atoms. The van der Waals surface area contributed by atoms with E-state index in [4.69, 9.17) is 4.74 Å². The lowest BCUT2D eigenvalue weighted by atomic mass is 9.94. The number of rotatable bonds is 7. The molecule has 0 unspecified atom stereocenters. The summed E-state index contributed by atoms with van der Waals surface area (Å²) in [6.45, 7) is 2.02. The topological polar surface area (TPSA) is 105 Å². The number of benzene rings is 1. The highest BCUT2D eigenvalue weighted by Gasteiger charge is 2.24. The molecule has 1 saturated heterocycles. The molecular formula is C22H25N7O2. The average Bonchev–Trinajstić information content (AvgIpc) is 2.80. The Hall–Kier alpha value is -3.59. The predicted octanol–water partition coefficient (Wildman–Crippen LogP) is 2.84. The molecular weight excluding hydrogens is 394 g/mol. The Kier molecular flexibility index (Phi) is 6.63. The monoisotopic (exact) mass is 419 g/mol. The van der Waals surface area contributed by atoms with Crippen LogP contribution in [0.3, 0.4) is 0 Å². The highest BCUT2D eigenvalue weighted by Crippen LogP contribution is 2.26. The third kappa shape index (κ3) is 5.73. The minimum atomic E-state index is -0.0278. The van der Waals surface area contributed by atoms with Crippen molar-refractivity contribution in [3.05, 3.63) is 60.9 Å². The van der Waals surface area contributed by atoms with E-state index in [-0.39, 0.29) is 11.8 Å². The Morgan fingerprint density at radius 2 is 1.97 bits per heavy atom. The normalized spacial score (nSPS) is 16.5. The molecule has 31 heavy (non-hydrogen) atoms. The second-order valence-electron chi connectivity index (χ2n) is 7.41. The van der Waals surface area contributed by atoms with Gasteiger partial charge in [0.05, 0.1) is 37.4 Å². The Bertz CT molecular complexity index is 998. The third-order valence-corrected chi connectivity index (χ3v) is 5.16. The largest absolute Gasteiger partial charge is 0.497 e. The highest BCUT2D eigenvalue weighted by atomic mass is 16.5. The average molecular weight is 419 g/mol. The lowest BCUT2D eigenvalue weighted by Crippen LogP contribution is -2.40. The number of carbonyl (C=O) groups excluding carboxylic acids is 1. The molecule has 9 nitrogen and oxygen atoms in total. The Balaban J connectivity index is 1.34. The Morgan fingerprint density at radius 3 is 2.74 bits per heavy atom. The van der Waals surface area contributed by atoms with Gasteiger partial charge in [0.15, 0.2) is 0 Å². The van der Waals surface area contributed by atoms with Crippen molar-refractivity contribution in [2.75, 3.05) is 37.4 Å². The summed E-state index contributed by atoms with van der Waals surface area (Å²) in [6, 6.07) is 9.27. The molecule has 4 rings (SSSR count). The molecule has 0 radical (unpaired) electrons. The molecule has 9 heteroatoms. The van der Waals surface area contributed by atoms with Crippen LogP contribution in [0.2, 0.25) is 0 Å². The van der Waals surface area contributed by atoms with Gasteiger partial charge in [0.1, 0.15) is 12.1 Å². The van der Waals surface area contributed by atoms with Gasteiger partial charge in [-0.2, -0.15) is 0 Å². The van der Waals surface area contributed by atoms with Crippen LogP contribution in [0.4, 0.5) is 17.3 Å². The standard InChI is InChI=1S/C22H25N7O2/c1-31-19-6-4-17(5-7-19)26-21(30)14-29-10-2-3-16(13-29)20-8-9-25-22(28-20)27-18-11-23-15-24-12-18/h4-9,11-12,15-16H,2-3,10,13-14H2,1H3,(H,26,30)(H,25,27,28)/t16-/m0/s1. The summed E-state index contributed by atoms with van der Waals surface area (Å²) in [5.74, 6) is 1.50. The van der Waals surface area contributed by atoms with Crippen LogP contribution in [0.5, 0.6) is 5.75 Å². The van der Waals surface area contributed by atoms with Crippen LogP contribution in [-0.2, 0) is 4.79 Å². The van der Waals surface area contributed by atoms with Gasteiger partial charge in [-0.05, 0) is 49.7 Å². The number of nitrogens with zero attached hydrogens (tertiary/aromatic N) is 5. The zero-order valence-electron chi connectivity index (χ0n) is 17.4. The van der Waals surface area contributed by atoms with Crippen LogP contribution < -0.4 is 15.4 Å². The van der Waals surface area contributed by atoms with Crippen molar-refractivity contribution in [3.63, 3.8) is 0 Å². The van der Waals surface area contributed by atoms with Crippen molar-refractivity contribution in [3.8, 4) is 5.75 Å². The van der Waals surface area contributed by atoms with Gasteiger partial charge in [-0.1, -0.05) is 0 Å². The molecule has 1 aliphatic heterocycles. The van der Waals surface area contributed by atoms with Gasteiger partial charge in [0.25, 0.3) is 0 Å². The van der Waals surface area contributed by atoms with E-state index in [2.05, 4.69) is 35.5 Å². The summed E-state index contributed by atoms with van der Waals surface area (Å²) in [5, 5.41) is 6.08. The van der Waals surface area contributed by atoms with Crippen molar-refractivity contribution < 1.29 is 9.53 Å². The van der Waals surface area contributed by atoms with E-state index in [1.54, 1.807) is 25.7 Å². The fourth-order valence-electron chi connectivity index (χ4n) is 3.67. The minimum Gasteiger partial charge on any atom is -0.497 e. The molecule has 1 fully saturated rings. The van der Waals surface area contributed by atoms with Crippen LogP contribution in [0.25, 0.3) is 0 Å². The molecule has 1 aliphatic rings. The number of nitrogens with one attached hydrogen (secondary N) is 2. The van der Waals surface area contributed by atoms with Gasteiger partial charge in [-0.15, -0.1) is 0 Å². The SMILES string of the molecule is COc1ccc(NC(=O)CN2CCC[C@H](c3ccnc(Nc4cncnc4)n3)C2)cc1. The molecule has 1 atom stereocenters. The van der Waals surface area contributed by atoms with Gasteiger partial charge in [0, 0.05) is 24.3 Å². The van der Waals surface area contributed by atoms with E-state index in [1.807, 2.05) is 30.3 Å². The van der Waals surface area contributed by atoms with E-state index >= 15 is 0 Å². The van der Waals surface area contributed by atoms with Crippen LogP contribution >= 0.6 is 0 Å². The summed E-state index contributed by atoms with van der Waals surface area (Å²) < 4.78 is 5.15. The van der Waals surface area contributed by atoms with Crippen molar-refractivity contribution >= 4 is 23.2 Å². The van der Waals surface area contributed by atoms with Gasteiger partial charge < -0.3 is 15.4 Å². The van der Waals surface area contributed by atoms with Gasteiger partial charge in [-0.3, -0.25) is 9.69 Å². The number of ether oxygens (including phenoxy) is 1. The Morgan fingerprint density at radius 1 is 1.16 bits per heavy atom. The summed E-state index contributed by atoms with van der Waals surface area (Å²) in [7, 11) is 1.62. The highest BCUT2D eigenvalue weighted by molar-refractivity contribution is 5.92. The van der Waals surface area contributed by atoms with E-state index in [1.165, 1.54) is 6.33 Å². The summed E-state index contributed by atoms with van der Waals surface area (Å²) >= 11 is 0. The number of amides is 1. The fourth-order valence-corrected chi connectivity index (χ4v) is 3.67. The maximum absolute atomic E-state index is 12.5. The van der Waals surface area contributed by atoms with Crippen molar-refractivity contribution in [2.24, 2.45) is 0 Å². The van der Waals surface area contributed by atoms with E-state index in [9.17, 15) is 4.79 Å². The molecule has 2 N–H and O–H groups in total. The van der Waals surface area contributed by atoms with Crippen molar-refractivity contribution in [1.82, 2.24) is 24.8 Å². The first-order chi connectivity index (χ1) is 15.2. The van der Waals surface area contributed by atoms with Gasteiger partial charge in [0.2, 0.25) is 11.9 Å². The number of anilines is 3. The first kappa shape index (κ1) is 20.7. The van der Waals surface area contributed by atoms with Gasteiger partial charge in [-0.25, -0.2) is 19.9 Å². The van der Waals surface area contributed by atoms with Crippen LogP contribution in [0.1, 0.15) is 24.5 Å². The maximum Gasteiger partial charge on any atom is 0.238 e. The Labute approximate surface area is 180 Å². The number of hydrogen-bond donors (Lipinski definition) is 2. The summed E-state index contributed by atoms with van der Waals surface area (Å²) in [6.07, 6.45) is 8.62. The third-order valence-electron chi connectivity index (χ3n) is 5.16. The van der Waals surface area contributed by atoms with Gasteiger partial charge >= 0.3 is 0 Å². The van der Waals surface area contributed by atoms with Crippen LogP contribution in [0.15, 0.2) is 55.2 Å². The van der Waals surface area contributed by atoms with Crippen molar-refractivity contribution in [1.29, 1.82) is 0 Å². The summed E-state index contributed by atoms with van der Waals surface area (Å²) in [5.41, 5.74) is 2.46. The zero-order valence-corrected chi connectivity index (χ0v) is 17.4. The van der Waals surface area contributed by atoms with E-state index in [0.29, 0.717) is 12.5 Å². The number of aromatic nitrogens is 4. The quantitative estimate of drug-likeness (QED) is 0.602. The molecule has 160 valence electrons. The molecule has 2 aromatic heterocycles. The molecule has 0 saturated carbocycles. The van der Waals surface area contributed by atoms with E-state index < -0.39 is 0 Å². The first-order valence-corrected chi connectivity index (χ1v) is 10.2. The molecule has 1 aromatic carbocycles. The van der Waals surface area contributed by atoms with Crippen LogP contribution in [-0.4, -0.2) is 57.5 Å². The number of carbonyl (C=O) groups is 1. The molecule has 3 aromatic rings. The molecule has 0 aliphatic carbocycles. The predicted molar refractivity (Wildman–Crippen MR) is 117 cm³/mol. The second-order valence-corrected chi connectivity index (χ2v) is 7.41. The van der Waals surface area contributed by atoms with Crippen molar-refractivity contribution in [2.45, 2.75) is 18.8 Å². The fraction of sp³-hybridized carbons (Fsp3) is 0.318. The second kappa shape index (κ2) is 9.94. The van der Waals surface area contributed by atoms with E-state index in [0.717, 1.165) is 48.7 Å². The number of likely N-dealkylation sites (tertiary alicyclic amines) is 1. The lowest BCUT2D eigenvalue weighted by Gasteiger charge is -2.32. The molecule has 0 spiro atoms. The first-order valence-electron chi connectivity index (χ1n) is 10.2. The smallest absolute Gasteiger partial charge is 0.238 e. The summed E-state index contributed by atoms with van der Waals surface area (Å²) in [4.78, 5) is 31.6. The number of piperidine rings is 1. The number of methoxy groups -OCH3 is 1.